The molecule has 0 saturated carbocycles. The van der Waals surface area contributed by atoms with Gasteiger partial charge in [0.05, 0.1) is 13.2 Å². The lowest BCUT2D eigenvalue weighted by molar-refractivity contribution is -0.104. The number of fused-ring (bicyclic) bond motifs is 1. The molecule has 5 nitrogen and oxygen atoms in total. The zero-order valence-electron chi connectivity index (χ0n) is 18.4. The van der Waals surface area contributed by atoms with Crippen molar-refractivity contribution in [2.24, 2.45) is 0 Å². The SMILES string of the molecule is CCCOP(OCCCn1cc(/C=C/C=O)c2ccccc21)N(C(C)C)C(C)C. The van der Waals surface area contributed by atoms with Crippen LogP contribution in [0.25, 0.3) is 17.0 Å². The lowest BCUT2D eigenvalue weighted by Crippen LogP contribution is -2.33. The van der Waals surface area contributed by atoms with Gasteiger partial charge < -0.3 is 13.6 Å². The van der Waals surface area contributed by atoms with Gasteiger partial charge in [-0.1, -0.05) is 25.1 Å². The topological polar surface area (TPSA) is 43.7 Å². The smallest absolute Gasteiger partial charge is 0.259 e. The molecule has 0 aliphatic carbocycles. The van der Waals surface area contributed by atoms with E-state index in [1.165, 1.54) is 5.52 Å². The van der Waals surface area contributed by atoms with Crippen LogP contribution in [0, 0.1) is 0 Å². The fraction of sp³-hybridized carbons (Fsp3) is 0.522. The first kappa shape index (κ1) is 23.8. The van der Waals surface area contributed by atoms with Gasteiger partial charge in [0.2, 0.25) is 0 Å². The van der Waals surface area contributed by atoms with Gasteiger partial charge in [-0.05, 0) is 58.8 Å². The van der Waals surface area contributed by atoms with Crippen molar-refractivity contribution >= 4 is 31.8 Å². The summed E-state index contributed by atoms with van der Waals surface area (Å²) in [6, 6.07) is 9.03. The number of benzene rings is 1. The average molecular weight is 419 g/mol. The highest BCUT2D eigenvalue weighted by atomic mass is 31.2. The van der Waals surface area contributed by atoms with Crippen LogP contribution in [0.5, 0.6) is 0 Å². The van der Waals surface area contributed by atoms with E-state index in [0.29, 0.717) is 18.7 Å². The van der Waals surface area contributed by atoms with Crippen LogP contribution in [0.3, 0.4) is 0 Å². The molecule has 0 fully saturated rings. The molecule has 160 valence electrons. The Hall–Kier alpha value is -1.52. The van der Waals surface area contributed by atoms with Gasteiger partial charge in [-0.25, -0.2) is 4.67 Å². The van der Waals surface area contributed by atoms with E-state index in [-0.39, 0.29) is 0 Å². The molecule has 0 amide bonds. The average Bonchev–Trinajstić information content (AvgIpc) is 3.04. The van der Waals surface area contributed by atoms with Crippen molar-refractivity contribution in [3.63, 3.8) is 0 Å². The van der Waals surface area contributed by atoms with E-state index in [2.05, 4.69) is 62.2 Å². The van der Waals surface area contributed by atoms with Gasteiger partial charge in [0.15, 0.2) is 0 Å². The minimum Gasteiger partial charge on any atom is -0.347 e. The number of allylic oxidation sites excluding steroid dienone is 1. The van der Waals surface area contributed by atoms with Gasteiger partial charge in [0, 0.05) is 41.3 Å². The zero-order chi connectivity index (χ0) is 21.2. The van der Waals surface area contributed by atoms with Crippen LogP contribution in [0.1, 0.15) is 53.0 Å². The molecular formula is C23H35N2O3P. The maximum Gasteiger partial charge on any atom is 0.259 e. The van der Waals surface area contributed by atoms with E-state index < -0.39 is 8.53 Å². The summed E-state index contributed by atoms with van der Waals surface area (Å²) in [4.78, 5) is 10.7. The lowest BCUT2D eigenvalue weighted by Gasteiger charge is -2.35. The third-order valence-corrected chi connectivity index (χ3v) is 6.68. The van der Waals surface area contributed by atoms with Gasteiger partial charge in [-0.15, -0.1) is 0 Å². The number of rotatable bonds is 13. The number of carbonyl (C=O) groups excluding carboxylic acids is 1. The Morgan fingerprint density at radius 1 is 1.10 bits per heavy atom. The van der Waals surface area contributed by atoms with Gasteiger partial charge in [0.1, 0.15) is 6.29 Å². The molecule has 1 aromatic carbocycles. The van der Waals surface area contributed by atoms with Gasteiger partial charge in [-0.2, -0.15) is 0 Å². The van der Waals surface area contributed by atoms with Crippen molar-refractivity contribution in [3.05, 3.63) is 42.1 Å². The fourth-order valence-electron chi connectivity index (χ4n) is 3.43. The summed E-state index contributed by atoms with van der Waals surface area (Å²) in [5, 5.41) is 1.16. The van der Waals surface area contributed by atoms with Gasteiger partial charge in [-0.3, -0.25) is 4.79 Å². The van der Waals surface area contributed by atoms with Crippen molar-refractivity contribution < 1.29 is 13.8 Å². The Kier molecular flexibility index (Phi) is 10.0. The number of carbonyl (C=O) groups is 1. The largest absolute Gasteiger partial charge is 0.347 e. The summed E-state index contributed by atoms with van der Waals surface area (Å²) < 4.78 is 16.9. The Balaban J connectivity index is 2.02. The second-order valence-corrected chi connectivity index (χ2v) is 9.07. The van der Waals surface area contributed by atoms with Crippen molar-refractivity contribution in [1.82, 2.24) is 9.24 Å². The molecule has 0 radical (unpaired) electrons. The maximum absolute atomic E-state index is 10.7. The molecule has 0 aliphatic heterocycles. The van der Waals surface area contributed by atoms with Crippen molar-refractivity contribution in [2.75, 3.05) is 13.2 Å². The summed E-state index contributed by atoms with van der Waals surface area (Å²) in [5.41, 5.74) is 2.24. The first-order valence-corrected chi connectivity index (χ1v) is 11.7. The Morgan fingerprint density at radius 2 is 1.79 bits per heavy atom. The first-order chi connectivity index (χ1) is 14.0. The molecular weight excluding hydrogens is 383 g/mol. The molecule has 0 saturated heterocycles. The molecule has 6 heteroatoms. The monoisotopic (exact) mass is 418 g/mol. The molecule has 29 heavy (non-hydrogen) atoms. The van der Waals surface area contributed by atoms with Crippen molar-refractivity contribution in [1.29, 1.82) is 0 Å². The van der Waals surface area contributed by atoms with Crippen LogP contribution in [0.15, 0.2) is 36.5 Å². The highest BCUT2D eigenvalue weighted by molar-refractivity contribution is 7.44. The summed E-state index contributed by atoms with van der Waals surface area (Å²) >= 11 is 0. The third kappa shape index (κ3) is 6.75. The molecule has 0 N–H and O–H groups in total. The molecule has 2 rings (SSSR count). The summed E-state index contributed by atoms with van der Waals surface area (Å²) in [6.07, 6.45) is 8.21. The van der Waals surface area contributed by atoms with Crippen molar-refractivity contribution in [3.8, 4) is 0 Å². The van der Waals surface area contributed by atoms with Crippen LogP contribution < -0.4 is 0 Å². The number of aryl methyl sites for hydroxylation is 1. The molecule has 2 aromatic rings. The van der Waals surface area contributed by atoms with Crippen LogP contribution in [-0.4, -0.2) is 40.8 Å². The van der Waals surface area contributed by atoms with Crippen LogP contribution >= 0.6 is 8.53 Å². The van der Waals surface area contributed by atoms with Crippen LogP contribution in [-0.2, 0) is 20.4 Å². The summed E-state index contributed by atoms with van der Waals surface area (Å²) in [7, 11) is -1.05. The van der Waals surface area contributed by atoms with Gasteiger partial charge >= 0.3 is 0 Å². The summed E-state index contributed by atoms with van der Waals surface area (Å²) in [5.74, 6) is 0. The number of nitrogens with zero attached hydrogens (tertiary/aromatic N) is 2. The summed E-state index contributed by atoms with van der Waals surface area (Å²) in [6.45, 7) is 13.1. The minimum absolute atomic E-state index is 0.374. The predicted octanol–water partition coefficient (Wildman–Crippen LogP) is 6.03. The molecule has 1 heterocycles. The van der Waals surface area contributed by atoms with Crippen LogP contribution in [0.2, 0.25) is 0 Å². The van der Waals surface area contributed by atoms with Crippen molar-refractivity contribution in [2.45, 2.75) is 66.1 Å². The zero-order valence-corrected chi connectivity index (χ0v) is 19.3. The standard InChI is InChI=1S/C23H35N2O3P/c1-6-16-27-29(25(19(2)3)20(4)5)28-17-10-14-24-18-21(11-9-15-26)22-12-7-8-13-23(22)24/h7-9,11-13,15,18-20H,6,10,14,16-17H2,1-5H3/b11-9+. The maximum atomic E-state index is 10.7. The second-order valence-electron chi connectivity index (χ2n) is 7.62. The molecule has 0 aliphatic rings. The van der Waals surface area contributed by atoms with E-state index in [1.807, 2.05) is 18.2 Å². The Morgan fingerprint density at radius 3 is 2.45 bits per heavy atom. The second kappa shape index (κ2) is 12.2. The van der Waals surface area contributed by atoms with E-state index >= 15 is 0 Å². The minimum atomic E-state index is -1.05. The van der Waals surface area contributed by atoms with Crippen LogP contribution in [0.4, 0.5) is 0 Å². The quantitative estimate of drug-likeness (QED) is 0.172. The Bertz CT molecular complexity index is 778. The number of aldehydes is 1. The number of hydrogen-bond acceptors (Lipinski definition) is 4. The third-order valence-electron chi connectivity index (χ3n) is 4.57. The number of hydrogen-bond donors (Lipinski definition) is 0. The number of aromatic nitrogens is 1. The fourth-order valence-corrected chi connectivity index (χ4v) is 5.15. The van der Waals surface area contributed by atoms with Gasteiger partial charge in [0.25, 0.3) is 8.53 Å². The molecule has 0 bridgehead atoms. The molecule has 1 atom stereocenters. The lowest BCUT2D eigenvalue weighted by atomic mass is 10.2. The van der Waals surface area contributed by atoms with E-state index in [9.17, 15) is 4.79 Å². The highest BCUT2D eigenvalue weighted by Crippen LogP contribution is 2.46. The first-order valence-electron chi connectivity index (χ1n) is 10.5. The Labute approximate surface area is 176 Å². The normalized spacial score (nSPS) is 13.4. The number of para-hydroxylation sites is 1. The van der Waals surface area contributed by atoms with E-state index in [4.69, 9.17) is 9.05 Å². The van der Waals surface area contributed by atoms with E-state index in [0.717, 1.165) is 43.2 Å². The highest BCUT2D eigenvalue weighted by Gasteiger charge is 2.26. The molecule has 1 unspecified atom stereocenters. The molecule has 0 spiro atoms. The molecule has 1 aromatic heterocycles. The van der Waals surface area contributed by atoms with E-state index in [1.54, 1.807) is 6.08 Å². The predicted molar refractivity (Wildman–Crippen MR) is 123 cm³/mol.